The van der Waals surface area contributed by atoms with E-state index < -0.39 is 0 Å². The van der Waals surface area contributed by atoms with E-state index in [2.05, 4.69) is 56.9 Å². The highest BCUT2D eigenvalue weighted by molar-refractivity contribution is 5.74. The molecule has 0 fully saturated rings. The molecule has 2 atom stereocenters. The van der Waals surface area contributed by atoms with Crippen molar-refractivity contribution < 1.29 is 4.79 Å². The molecule has 0 aliphatic heterocycles. The number of urea groups is 1. The summed E-state index contributed by atoms with van der Waals surface area (Å²) in [4.78, 5) is 14.3. The lowest BCUT2D eigenvalue weighted by Crippen LogP contribution is -2.41. The molecule has 0 saturated carbocycles. The Bertz CT molecular complexity index is 664. The Labute approximate surface area is 143 Å². The molecule has 130 valence electrons. The third-order valence-electron chi connectivity index (χ3n) is 4.02. The van der Waals surface area contributed by atoms with Crippen molar-refractivity contribution in [2.75, 3.05) is 20.6 Å². The molecule has 2 rings (SSSR count). The molecule has 2 amide bonds. The molecular weight excluding hydrogens is 304 g/mol. The number of rotatable bonds is 6. The Morgan fingerprint density at radius 3 is 2.50 bits per heavy atom. The number of nitrogens with one attached hydrogen (secondary N) is 2. The number of nitrogens with zero attached hydrogens (tertiary/aromatic N) is 4. The SMILES string of the molecule is Cc1ccc([C@@H](CNC(=O)N[C@H](C)c2nncn2C)N(C)C)cc1. The molecule has 24 heavy (non-hydrogen) atoms. The maximum atomic E-state index is 12.2. The highest BCUT2D eigenvalue weighted by Crippen LogP contribution is 2.18. The van der Waals surface area contributed by atoms with Crippen molar-refractivity contribution in [3.8, 4) is 0 Å². The third kappa shape index (κ3) is 4.55. The summed E-state index contributed by atoms with van der Waals surface area (Å²) < 4.78 is 1.79. The van der Waals surface area contributed by atoms with Gasteiger partial charge in [-0.2, -0.15) is 0 Å². The summed E-state index contributed by atoms with van der Waals surface area (Å²) in [6.45, 7) is 4.47. The van der Waals surface area contributed by atoms with Crippen molar-refractivity contribution in [3.05, 3.63) is 47.5 Å². The van der Waals surface area contributed by atoms with Gasteiger partial charge < -0.3 is 20.1 Å². The molecule has 1 aromatic carbocycles. The predicted octanol–water partition coefficient (Wildman–Crippen LogP) is 1.79. The second kappa shape index (κ2) is 7.92. The first-order valence-electron chi connectivity index (χ1n) is 7.99. The van der Waals surface area contributed by atoms with Crippen LogP contribution in [0.4, 0.5) is 4.79 Å². The molecule has 1 heterocycles. The molecule has 1 aromatic heterocycles. The fourth-order valence-electron chi connectivity index (χ4n) is 2.57. The highest BCUT2D eigenvalue weighted by atomic mass is 16.2. The molecule has 2 N–H and O–H groups in total. The lowest BCUT2D eigenvalue weighted by Gasteiger charge is -2.25. The molecule has 7 heteroatoms. The van der Waals surface area contributed by atoms with Crippen LogP contribution in [0.2, 0.25) is 0 Å². The Morgan fingerprint density at radius 1 is 1.29 bits per heavy atom. The number of benzene rings is 1. The largest absolute Gasteiger partial charge is 0.336 e. The number of aromatic nitrogens is 3. The summed E-state index contributed by atoms with van der Waals surface area (Å²) in [5.41, 5.74) is 2.40. The van der Waals surface area contributed by atoms with Gasteiger partial charge in [0.2, 0.25) is 0 Å². The Kier molecular flexibility index (Phi) is 5.92. The van der Waals surface area contributed by atoms with Crippen LogP contribution in [0.5, 0.6) is 0 Å². The topological polar surface area (TPSA) is 75.1 Å². The van der Waals surface area contributed by atoms with Crippen molar-refractivity contribution in [2.45, 2.75) is 25.9 Å². The van der Waals surface area contributed by atoms with Crippen LogP contribution in [-0.4, -0.2) is 46.3 Å². The predicted molar refractivity (Wildman–Crippen MR) is 93.6 cm³/mol. The van der Waals surface area contributed by atoms with Crippen molar-refractivity contribution in [3.63, 3.8) is 0 Å². The molecule has 0 saturated heterocycles. The van der Waals surface area contributed by atoms with Crippen molar-refractivity contribution in [1.82, 2.24) is 30.3 Å². The Balaban J connectivity index is 1.93. The smallest absolute Gasteiger partial charge is 0.315 e. The van der Waals surface area contributed by atoms with Crippen LogP contribution in [0.25, 0.3) is 0 Å². The van der Waals surface area contributed by atoms with E-state index in [1.165, 1.54) is 11.1 Å². The third-order valence-corrected chi connectivity index (χ3v) is 4.02. The van der Waals surface area contributed by atoms with Crippen LogP contribution >= 0.6 is 0 Å². The van der Waals surface area contributed by atoms with Gasteiger partial charge in [-0.3, -0.25) is 0 Å². The maximum absolute atomic E-state index is 12.2. The quantitative estimate of drug-likeness (QED) is 0.847. The monoisotopic (exact) mass is 330 g/mol. The number of carbonyl (C=O) groups excluding carboxylic acids is 1. The summed E-state index contributed by atoms with van der Waals surface area (Å²) in [5, 5.41) is 13.7. The number of hydrogen-bond donors (Lipinski definition) is 2. The molecular formula is C17H26N6O. The zero-order chi connectivity index (χ0) is 17.7. The molecule has 0 spiro atoms. The van der Waals surface area contributed by atoms with E-state index in [0.717, 1.165) is 0 Å². The lowest BCUT2D eigenvalue weighted by molar-refractivity contribution is 0.229. The van der Waals surface area contributed by atoms with Crippen LogP contribution < -0.4 is 10.6 Å². The lowest BCUT2D eigenvalue weighted by atomic mass is 10.0. The molecule has 7 nitrogen and oxygen atoms in total. The standard InChI is InChI=1S/C17H26N6O/c1-12-6-8-14(9-7-12)15(22(3)4)10-18-17(24)20-13(2)16-21-19-11-23(16)5/h6-9,11,13,15H,10H2,1-5H3,(H2,18,20,24)/t13-,15-/m1/s1. The van der Waals surface area contributed by atoms with E-state index in [0.29, 0.717) is 12.4 Å². The summed E-state index contributed by atoms with van der Waals surface area (Å²) in [6.07, 6.45) is 1.62. The number of aryl methyl sites for hydroxylation is 2. The van der Waals surface area contributed by atoms with E-state index >= 15 is 0 Å². The summed E-state index contributed by atoms with van der Waals surface area (Å²) in [5.74, 6) is 0.716. The zero-order valence-corrected chi connectivity index (χ0v) is 14.9. The molecule has 0 aliphatic carbocycles. The molecule has 0 aliphatic rings. The fourth-order valence-corrected chi connectivity index (χ4v) is 2.57. The second-order valence-corrected chi connectivity index (χ2v) is 6.27. The van der Waals surface area contributed by atoms with Crippen molar-refractivity contribution in [2.24, 2.45) is 7.05 Å². The van der Waals surface area contributed by atoms with Gasteiger partial charge >= 0.3 is 6.03 Å². The minimum Gasteiger partial charge on any atom is -0.336 e. The zero-order valence-electron chi connectivity index (χ0n) is 14.9. The summed E-state index contributed by atoms with van der Waals surface area (Å²) >= 11 is 0. The van der Waals surface area contributed by atoms with Crippen LogP contribution in [0.15, 0.2) is 30.6 Å². The summed E-state index contributed by atoms with van der Waals surface area (Å²) in [6, 6.07) is 8.05. The second-order valence-electron chi connectivity index (χ2n) is 6.27. The Morgan fingerprint density at radius 2 is 1.96 bits per heavy atom. The number of hydrogen-bond acceptors (Lipinski definition) is 4. The highest BCUT2D eigenvalue weighted by Gasteiger charge is 2.17. The van der Waals surface area contributed by atoms with Crippen LogP contribution in [0.3, 0.4) is 0 Å². The average Bonchev–Trinajstić information content (AvgIpc) is 2.95. The van der Waals surface area contributed by atoms with Gasteiger partial charge in [0.15, 0.2) is 5.82 Å². The number of amides is 2. The van der Waals surface area contributed by atoms with Gasteiger partial charge in [-0.1, -0.05) is 29.8 Å². The van der Waals surface area contributed by atoms with Gasteiger partial charge in [-0.05, 0) is 33.5 Å². The minimum absolute atomic E-state index is 0.112. The average molecular weight is 330 g/mol. The van der Waals surface area contributed by atoms with Crippen LogP contribution in [0, 0.1) is 6.92 Å². The van der Waals surface area contributed by atoms with Crippen LogP contribution in [-0.2, 0) is 7.05 Å². The molecule has 0 unspecified atom stereocenters. The van der Waals surface area contributed by atoms with E-state index in [1.54, 1.807) is 10.9 Å². The van der Waals surface area contributed by atoms with E-state index in [4.69, 9.17) is 0 Å². The van der Waals surface area contributed by atoms with Gasteiger partial charge in [-0.25, -0.2) is 4.79 Å². The van der Waals surface area contributed by atoms with Gasteiger partial charge in [0, 0.05) is 13.6 Å². The minimum atomic E-state index is -0.218. The molecule has 2 aromatic rings. The van der Waals surface area contributed by atoms with E-state index in [1.807, 2.05) is 28.1 Å². The van der Waals surface area contributed by atoms with E-state index in [9.17, 15) is 4.79 Å². The maximum Gasteiger partial charge on any atom is 0.315 e. The van der Waals surface area contributed by atoms with Gasteiger partial charge in [0.1, 0.15) is 6.33 Å². The molecule has 0 radical (unpaired) electrons. The van der Waals surface area contributed by atoms with Gasteiger partial charge in [0.05, 0.1) is 12.1 Å². The number of likely N-dealkylation sites (N-methyl/N-ethyl adjacent to an activating group) is 1. The normalized spacial score (nSPS) is 13.6. The van der Waals surface area contributed by atoms with Crippen LogP contribution in [0.1, 0.15) is 36.0 Å². The van der Waals surface area contributed by atoms with Gasteiger partial charge in [0.25, 0.3) is 0 Å². The first-order chi connectivity index (χ1) is 11.4. The number of carbonyl (C=O) groups is 1. The van der Waals surface area contributed by atoms with E-state index in [-0.39, 0.29) is 18.1 Å². The fraction of sp³-hybridized carbons (Fsp3) is 0.471. The molecule has 0 bridgehead atoms. The Hall–Kier alpha value is -2.41. The van der Waals surface area contributed by atoms with Gasteiger partial charge in [-0.15, -0.1) is 10.2 Å². The summed E-state index contributed by atoms with van der Waals surface area (Å²) in [7, 11) is 5.86. The van der Waals surface area contributed by atoms with Crippen molar-refractivity contribution in [1.29, 1.82) is 0 Å². The van der Waals surface area contributed by atoms with Crippen molar-refractivity contribution >= 4 is 6.03 Å². The first kappa shape index (κ1) is 17.9. The first-order valence-corrected chi connectivity index (χ1v) is 7.99.